The topological polar surface area (TPSA) is 64.6 Å². The van der Waals surface area contributed by atoms with E-state index < -0.39 is 0 Å². The number of ketones is 1. The van der Waals surface area contributed by atoms with Crippen LogP contribution in [-0.2, 0) is 4.79 Å². The van der Waals surface area contributed by atoms with Gasteiger partial charge >= 0.3 is 0 Å². The number of rotatable bonds is 10. The van der Waals surface area contributed by atoms with E-state index in [1.54, 1.807) is 31.4 Å². The van der Waals surface area contributed by atoms with Gasteiger partial charge in [0.25, 0.3) is 0 Å². The zero-order chi connectivity index (χ0) is 18.8. The largest absolute Gasteiger partial charge is 0.497 e. The Balaban J connectivity index is 1.58. The predicted molar refractivity (Wildman–Crippen MR) is 96.1 cm³/mol. The normalized spacial score (nSPS) is 10.2. The summed E-state index contributed by atoms with van der Waals surface area (Å²) in [6.45, 7) is 0.739. The summed E-state index contributed by atoms with van der Waals surface area (Å²) in [4.78, 5) is 23.7. The number of hydrogen-bond donors (Lipinski definition) is 1. The molecule has 0 atom stereocenters. The number of nitrogens with one attached hydrogen (secondary N) is 1. The molecular weight excluding hydrogens is 337 g/mol. The van der Waals surface area contributed by atoms with Crippen LogP contribution in [-0.4, -0.2) is 32.0 Å². The maximum atomic E-state index is 12.8. The van der Waals surface area contributed by atoms with E-state index in [0.29, 0.717) is 30.9 Å². The van der Waals surface area contributed by atoms with Crippen LogP contribution in [0.4, 0.5) is 4.39 Å². The van der Waals surface area contributed by atoms with E-state index in [1.807, 2.05) is 0 Å². The Kier molecular flexibility index (Phi) is 7.61. The van der Waals surface area contributed by atoms with E-state index in [-0.39, 0.29) is 30.3 Å². The number of benzene rings is 2. The third-order valence-electron chi connectivity index (χ3n) is 3.73. The molecule has 138 valence electrons. The lowest BCUT2D eigenvalue weighted by Gasteiger charge is -2.08. The Hall–Kier alpha value is -2.89. The van der Waals surface area contributed by atoms with Crippen molar-refractivity contribution in [3.05, 3.63) is 59.9 Å². The number of halogens is 1. The van der Waals surface area contributed by atoms with E-state index in [0.717, 1.165) is 5.75 Å². The molecule has 0 aliphatic rings. The Morgan fingerprint density at radius 3 is 2.27 bits per heavy atom. The molecule has 0 radical (unpaired) electrons. The van der Waals surface area contributed by atoms with Crippen molar-refractivity contribution < 1.29 is 23.5 Å². The number of hydrogen-bond acceptors (Lipinski definition) is 4. The van der Waals surface area contributed by atoms with Crippen LogP contribution in [0.1, 0.15) is 29.6 Å². The van der Waals surface area contributed by atoms with Gasteiger partial charge in [-0.3, -0.25) is 9.59 Å². The van der Waals surface area contributed by atoms with Crippen molar-refractivity contribution in [1.82, 2.24) is 5.32 Å². The first-order chi connectivity index (χ1) is 12.6. The lowest BCUT2D eigenvalue weighted by Crippen LogP contribution is -2.27. The minimum atomic E-state index is -0.377. The molecule has 6 heteroatoms. The molecule has 0 aliphatic carbocycles. The first-order valence-corrected chi connectivity index (χ1v) is 8.41. The van der Waals surface area contributed by atoms with Crippen LogP contribution < -0.4 is 14.8 Å². The molecule has 2 rings (SSSR count). The molecule has 0 bridgehead atoms. The van der Waals surface area contributed by atoms with Crippen molar-refractivity contribution in [2.45, 2.75) is 19.3 Å². The van der Waals surface area contributed by atoms with Crippen LogP contribution in [0, 0.1) is 5.82 Å². The monoisotopic (exact) mass is 359 g/mol. The summed E-state index contributed by atoms with van der Waals surface area (Å²) in [7, 11) is 1.60. The van der Waals surface area contributed by atoms with Crippen molar-refractivity contribution in [3.63, 3.8) is 0 Å². The average Bonchev–Trinajstić information content (AvgIpc) is 2.66. The predicted octanol–water partition coefficient (Wildman–Crippen LogP) is 3.38. The van der Waals surface area contributed by atoms with E-state index in [4.69, 9.17) is 9.47 Å². The highest BCUT2D eigenvalue weighted by molar-refractivity contribution is 5.96. The van der Waals surface area contributed by atoms with Gasteiger partial charge in [0.1, 0.15) is 23.9 Å². The van der Waals surface area contributed by atoms with Gasteiger partial charge < -0.3 is 14.8 Å². The molecule has 1 amide bonds. The van der Waals surface area contributed by atoms with Gasteiger partial charge in [-0.05, 0) is 55.0 Å². The highest BCUT2D eigenvalue weighted by Gasteiger charge is 2.08. The molecule has 5 nitrogen and oxygen atoms in total. The molecule has 0 saturated heterocycles. The Labute approximate surface area is 152 Å². The lowest BCUT2D eigenvalue weighted by molar-refractivity contribution is -0.121. The Bertz CT molecular complexity index is 714. The van der Waals surface area contributed by atoms with Gasteiger partial charge in [0.15, 0.2) is 5.78 Å². The van der Waals surface area contributed by atoms with E-state index in [2.05, 4.69) is 5.32 Å². The molecule has 0 aliphatic heterocycles. The van der Waals surface area contributed by atoms with Crippen molar-refractivity contribution in [1.29, 1.82) is 0 Å². The minimum Gasteiger partial charge on any atom is -0.497 e. The average molecular weight is 359 g/mol. The molecular formula is C20H22FNO4. The first-order valence-electron chi connectivity index (χ1n) is 8.41. The molecule has 2 aromatic rings. The number of ether oxygens (including phenoxy) is 2. The smallest absolute Gasteiger partial charge is 0.220 e. The van der Waals surface area contributed by atoms with Crippen LogP contribution in [0.2, 0.25) is 0 Å². The number of methoxy groups -OCH3 is 1. The van der Waals surface area contributed by atoms with Gasteiger partial charge in [-0.1, -0.05) is 0 Å². The second-order valence-corrected chi connectivity index (χ2v) is 5.66. The van der Waals surface area contributed by atoms with E-state index in [1.165, 1.54) is 24.3 Å². The van der Waals surface area contributed by atoms with Gasteiger partial charge in [-0.2, -0.15) is 0 Å². The summed E-state index contributed by atoms with van der Waals surface area (Å²) in [6.07, 6.45) is 0.957. The van der Waals surface area contributed by atoms with Crippen LogP contribution in [0.5, 0.6) is 11.5 Å². The van der Waals surface area contributed by atoms with E-state index in [9.17, 15) is 14.0 Å². The number of carbonyl (C=O) groups is 2. The fourth-order valence-corrected chi connectivity index (χ4v) is 2.31. The quantitative estimate of drug-likeness (QED) is 0.522. The van der Waals surface area contributed by atoms with Crippen LogP contribution in [0.15, 0.2) is 48.5 Å². The first kappa shape index (κ1) is 19.4. The third kappa shape index (κ3) is 6.55. The summed E-state index contributed by atoms with van der Waals surface area (Å²) in [5.41, 5.74) is 0.458. The number of Topliss-reactive ketones (excluding diaryl/α,β-unsaturated/α-hetero) is 1. The molecule has 1 N–H and O–H groups in total. The zero-order valence-electron chi connectivity index (χ0n) is 14.7. The van der Waals surface area contributed by atoms with Gasteiger partial charge in [0.05, 0.1) is 13.7 Å². The molecule has 0 unspecified atom stereocenters. The molecule has 0 spiro atoms. The standard InChI is InChI=1S/C20H22FNO4/c1-25-17-9-11-18(12-10-17)26-14-13-22-20(24)4-2-3-19(23)15-5-7-16(21)8-6-15/h5-12H,2-4,13-14H2,1H3,(H,22,24). The second kappa shape index (κ2) is 10.2. The number of carbonyl (C=O) groups excluding carboxylic acids is 2. The van der Waals surface area contributed by atoms with Gasteiger partial charge in [-0.25, -0.2) is 4.39 Å². The summed E-state index contributed by atoms with van der Waals surface area (Å²) in [6, 6.07) is 12.6. The van der Waals surface area contributed by atoms with Crippen molar-refractivity contribution in [2.75, 3.05) is 20.3 Å². The maximum Gasteiger partial charge on any atom is 0.220 e. The molecule has 2 aromatic carbocycles. The zero-order valence-corrected chi connectivity index (χ0v) is 14.7. The van der Waals surface area contributed by atoms with Crippen molar-refractivity contribution in [3.8, 4) is 11.5 Å². The van der Waals surface area contributed by atoms with Crippen LogP contribution in [0.25, 0.3) is 0 Å². The molecule has 26 heavy (non-hydrogen) atoms. The lowest BCUT2D eigenvalue weighted by atomic mass is 10.1. The summed E-state index contributed by atoms with van der Waals surface area (Å²) in [5, 5.41) is 2.75. The van der Waals surface area contributed by atoms with Gasteiger partial charge in [-0.15, -0.1) is 0 Å². The van der Waals surface area contributed by atoms with Gasteiger partial charge in [0.2, 0.25) is 5.91 Å². The summed E-state index contributed by atoms with van der Waals surface area (Å²) >= 11 is 0. The Morgan fingerprint density at radius 2 is 1.62 bits per heavy atom. The molecule has 0 fully saturated rings. The highest BCUT2D eigenvalue weighted by Crippen LogP contribution is 2.16. The SMILES string of the molecule is COc1ccc(OCCNC(=O)CCCC(=O)c2ccc(F)cc2)cc1. The third-order valence-corrected chi connectivity index (χ3v) is 3.73. The summed E-state index contributed by atoms with van der Waals surface area (Å²) in [5.74, 6) is 0.847. The minimum absolute atomic E-state index is 0.0966. The molecule has 0 saturated carbocycles. The van der Waals surface area contributed by atoms with Crippen LogP contribution in [0.3, 0.4) is 0 Å². The highest BCUT2D eigenvalue weighted by atomic mass is 19.1. The summed E-state index contributed by atoms with van der Waals surface area (Å²) < 4.78 is 23.4. The van der Waals surface area contributed by atoms with Crippen molar-refractivity contribution in [2.24, 2.45) is 0 Å². The fourth-order valence-electron chi connectivity index (χ4n) is 2.31. The number of amides is 1. The molecule has 0 aromatic heterocycles. The van der Waals surface area contributed by atoms with E-state index >= 15 is 0 Å². The second-order valence-electron chi connectivity index (χ2n) is 5.66. The van der Waals surface area contributed by atoms with Gasteiger partial charge in [0, 0.05) is 18.4 Å². The molecule has 0 heterocycles. The van der Waals surface area contributed by atoms with Crippen molar-refractivity contribution >= 4 is 11.7 Å². The Morgan fingerprint density at radius 1 is 0.962 bits per heavy atom. The fraction of sp³-hybridized carbons (Fsp3) is 0.300. The van der Waals surface area contributed by atoms with Crippen LogP contribution >= 0.6 is 0 Å². The maximum absolute atomic E-state index is 12.8.